The number of carbonyl (C=O) groups excluding carboxylic acids is 1. The molecule has 1 spiro atoms. The number of anilines is 4. The van der Waals surface area contributed by atoms with E-state index in [0.29, 0.717) is 27.7 Å². The molecule has 244 valence electrons. The summed E-state index contributed by atoms with van der Waals surface area (Å²) in [4.78, 5) is 37.4. The van der Waals surface area contributed by atoms with Crippen molar-refractivity contribution in [3.63, 3.8) is 0 Å². The van der Waals surface area contributed by atoms with Gasteiger partial charge in [-0.1, -0.05) is 6.07 Å². The van der Waals surface area contributed by atoms with Crippen LogP contribution in [0.3, 0.4) is 0 Å². The highest BCUT2D eigenvalue weighted by Crippen LogP contribution is 2.52. The number of hydrogen-bond acceptors (Lipinski definition) is 8. The monoisotopic (exact) mass is 640 g/mol. The fourth-order valence-electron chi connectivity index (χ4n) is 6.86. The van der Waals surface area contributed by atoms with E-state index in [2.05, 4.69) is 50.7 Å². The topological polar surface area (TPSA) is 129 Å². The predicted octanol–water partition coefficient (Wildman–Crippen LogP) is 7.19. The summed E-state index contributed by atoms with van der Waals surface area (Å²) in [7, 11) is 2.15. The van der Waals surface area contributed by atoms with Crippen molar-refractivity contribution in [1.29, 1.82) is 0 Å². The number of carbonyl (C=O) groups is 2. The Kier molecular flexibility index (Phi) is 7.23. The summed E-state index contributed by atoms with van der Waals surface area (Å²) >= 11 is 0. The number of halogens is 1. The van der Waals surface area contributed by atoms with Crippen molar-refractivity contribution in [3.8, 4) is 17.0 Å². The van der Waals surface area contributed by atoms with E-state index < -0.39 is 23.6 Å². The molecular formula is C35H37FN6O5. The molecule has 12 heteroatoms. The van der Waals surface area contributed by atoms with Gasteiger partial charge in [0, 0.05) is 53.1 Å². The van der Waals surface area contributed by atoms with Gasteiger partial charge in [0.15, 0.2) is 5.82 Å². The number of amides is 2. The van der Waals surface area contributed by atoms with E-state index in [1.54, 1.807) is 39.8 Å². The number of aromatic nitrogens is 2. The van der Waals surface area contributed by atoms with Crippen molar-refractivity contribution in [1.82, 2.24) is 14.9 Å². The van der Waals surface area contributed by atoms with Crippen LogP contribution in [0.25, 0.3) is 21.9 Å². The molecule has 1 aliphatic carbocycles. The number of nitrogens with one attached hydrogen (secondary N) is 2. The van der Waals surface area contributed by atoms with Crippen LogP contribution in [-0.4, -0.2) is 64.5 Å². The third kappa shape index (κ3) is 5.67. The lowest BCUT2D eigenvalue weighted by Crippen LogP contribution is -2.37. The Morgan fingerprint density at radius 1 is 1.11 bits per heavy atom. The van der Waals surface area contributed by atoms with Crippen molar-refractivity contribution in [2.24, 2.45) is 0 Å². The third-order valence-electron chi connectivity index (χ3n) is 9.02. The predicted molar refractivity (Wildman–Crippen MR) is 177 cm³/mol. The van der Waals surface area contributed by atoms with Gasteiger partial charge in [0.2, 0.25) is 5.88 Å². The van der Waals surface area contributed by atoms with Gasteiger partial charge >= 0.3 is 12.2 Å². The number of nitrogens with zero attached hydrogens (tertiary/aromatic N) is 4. The average Bonchev–Trinajstić information content (AvgIpc) is 3.76. The molecular weight excluding hydrogens is 603 g/mol. The molecule has 1 saturated carbocycles. The van der Waals surface area contributed by atoms with Gasteiger partial charge in [0.1, 0.15) is 23.7 Å². The van der Waals surface area contributed by atoms with Crippen molar-refractivity contribution in [2.45, 2.75) is 58.1 Å². The summed E-state index contributed by atoms with van der Waals surface area (Å²) in [6.45, 7) is 9.08. The van der Waals surface area contributed by atoms with Gasteiger partial charge in [-0.05, 0) is 93.9 Å². The molecule has 4 heterocycles. The average molecular weight is 641 g/mol. The Hall–Kier alpha value is -4.97. The number of pyridine rings is 2. The molecule has 3 N–H and O–H groups in total. The molecule has 2 aliphatic heterocycles. The first-order valence-corrected chi connectivity index (χ1v) is 15.7. The van der Waals surface area contributed by atoms with Gasteiger partial charge in [0.05, 0.1) is 12.2 Å². The van der Waals surface area contributed by atoms with E-state index in [1.165, 1.54) is 36.4 Å². The zero-order chi connectivity index (χ0) is 33.2. The van der Waals surface area contributed by atoms with E-state index in [-0.39, 0.29) is 41.4 Å². The second-order valence-corrected chi connectivity index (χ2v) is 13.7. The number of rotatable bonds is 4. The number of hydrogen-bond donors (Lipinski definition) is 3. The molecule has 1 fully saturated rings. The standard InChI is InChI=1S/C35H37FN6O5/c1-19-24(15-38-31-30(19)42(33(44)45)10-11-46-31)23-13-20-14-27(37-16-25(20)29(28(23)36)40-32(43)47-34(2,3)4)39-22-6-7-26-21(12-22)17-41(5)18-35(26)8-9-35/h6-7,12-16H,8-11,17-18H2,1-5H3,(H,37,39)(H,40,43)(H,44,45). The highest BCUT2D eigenvalue weighted by Gasteiger charge is 2.48. The van der Waals surface area contributed by atoms with Crippen molar-refractivity contribution in [3.05, 3.63) is 65.2 Å². The highest BCUT2D eigenvalue weighted by atomic mass is 19.1. The van der Waals surface area contributed by atoms with Crippen LogP contribution in [0.5, 0.6) is 5.88 Å². The Morgan fingerprint density at radius 2 is 1.89 bits per heavy atom. The zero-order valence-corrected chi connectivity index (χ0v) is 27.0. The van der Waals surface area contributed by atoms with Gasteiger partial charge in [-0.25, -0.2) is 23.9 Å². The molecule has 11 nitrogen and oxygen atoms in total. The van der Waals surface area contributed by atoms with Crippen LogP contribution in [0.4, 0.5) is 36.9 Å². The minimum absolute atomic E-state index is 0.110. The Balaban J connectivity index is 1.32. The summed E-state index contributed by atoms with van der Waals surface area (Å²) in [6, 6.07) is 9.90. The summed E-state index contributed by atoms with van der Waals surface area (Å²) in [5.41, 5.74) is 4.16. The summed E-state index contributed by atoms with van der Waals surface area (Å²) in [6.07, 6.45) is 3.41. The lowest BCUT2D eigenvalue weighted by molar-refractivity contribution is 0.0635. The van der Waals surface area contributed by atoms with Crippen LogP contribution in [-0.2, 0) is 16.7 Å². The SMILES string of the molecule is Cc1c(-c2cc3cc(Nc4ccc5c(c4)CN(C)CC54CC4)ncc3c(NC(=O)OC(C)(C)C)c2F)cnc2c1N(C(=O)O)CCO2. The maximum atomic E-state index is 16.5. The first-order valence-electron chi connectivity index (χ1n) is 15.7. The van der Waals surface area contributed by atoms with Crippen LogP contribution in [0, 0.1) is 12.7 Å². The van der Waals surface area contributed by atoms with Crippen LogP contribution in [0.2, 0.25) is 0 Å². The quantitative estimate of drug-likeness (QED) is 0.212. The van der Waals surface area contributed by atoms with E-state index in [1.807, 2.05) is 0 Å². The lowest BCUT2D eigenvalue weighted by atomic mass is 9.87. The Morgan fingerprint density at radius 3 is 2.62 bits per heavy atom. The molecule has 47 heavy (non-hydrogen) atoms. The smallest absolute Gasteiger partial charge is 0.412 e. The van der Waals surface area contributed by atoms with Crippen molar-refractivity contribution in [2.75, 3.05) is 42.3 Å². The van der Waals surface area contributed by atoms with E-state index >= 15 is 4.39 Å². The fourth-order valence-corrected chi connectivity index (χ4v) is 6.86. The van der Waals surface area contributed by atoms with Crippen LogP contribution < -0.4 is 20.3 Å². The second kappa shape index (κ2) is 11.1. The van der Waals surface area contributed by atoms with Crippen LogP contribution in [0.1, 0.15) is 50.3 Å². The van der Waals surface area contributed by atoms with Crippen LogP contribution >= 0.6 is 0 Å². The number of ether oxygens (including phenoxy) is 2. The largest absolute Gasteiger partial charge is 0.474 e. The van der Waals surface area contributed by atoms with Gasteiger partial charge in [-0.15, -0.1) is 0 Å². The maximum Gasteiger partial charge on any atom is 0.412 e. The summed E-state index contributed by atoms with van der Waals surface area (Å²) < 4.78 is 27.6. The van der Waals surface area contributed by atoms with Gasteiger partial charge in [0.25, 0.3) is 0 Å². The van der Waals surface area contributed by atoms with E-state index in [4.69, 9.17) is 9.47 Å². The van der Waals surface area contributed by atoms with Gasteiger partial charge in [-0.2, -0.15) is 0 Å². The minimum atomic E-state index is -1.16. The maximum absolute atomic E-state index is 16.5. The normalized spacial score (nSPS) is 16.7. The van der Waals surface area contributed by atoms with Crippen LogP contribution in [0.15, 0.2) is 42.7 Å². The van der Waals surface area contributed by atoms with Gasteiger partial charge in [-0.3, -0.25) is 10.2 Å². The molecule has 0 radical (unpaired) electrons. The molecule has 0 unspecified atom stereocenters. The molecule has 2 amide bonds. The first-order chi connectivity index (χ1) is 22.3. The first kappa shape index (κ1) is 30.7. The molecule has 0 saturated heterocycles. The molecule has 0 atom stereocenters. The third-order valence-corrected chi connectivity index (χ3v) is 9.02. The minimum Gasteiger partial charge on any atom is -0.474 e. The van der Waals surface area contributed by atoms with Crippen molar-refractivity contribution < 1.29 is 28.6 Å². The van der Waals surface area contributed by atoms with Gasteiger partial charge < -0.3 is 24.8 Å². The van der Waals surface area contributed by atoms with Crippen molar-refractivity contribution >= 4 is 45.8 Å². The fraction of sp³-hybridized carbons (Fsp3) is 0.371. The lowest BCUT2D eigenvalue weighted by Gasteiger charge is -2.32. The summed E-state index contributed by atoms with van der Waals surface area (Å²) in [5.74, 6) is -0.0378. The molecule has 3 aliphatic rings. The molecule has 2 aromatic carbocycles. The molecule has 2 aromatic heterocycles. The van der Waals surface area contributed by atoms with E-state index in [9.17, 15) is 14.7 Å². The summed E-state index contributed by atoms with van der Waals surface area (Å²) in [5, 5.41) is 16.8. The number of benzene rings is 2. The highest BCUT2D eigenvalue weighted by molar-refractivity contribution is 6.04. The molecule has 4 aromatic rings. The number of carboxylic acid groups (broad SMARTS) is 1. The van der Waals surface area contributed by atoms with E-state index in [0.717, 1.165) is 23.7 Å². The molecule has 0 bridgehead atoms. The Labute approximate surface area is 271 Å². The Bertz CT molecular complexity index is 1950. The number of likely N-dealkylation sites (N-methyl/N-ethyl adjacent to an activating group) is 1. The second-order valence-electron chi connectivity index (χ2n) is 13.7. The molecule has 7 rings (SSSR count). The number of fused-ring (bicyclic) bond motifs is 4. The zero-order valence-electron chi connectivity index (χ0n) is 27.0.